The van der Waals surface area contributed by atoms with Gasteiger partial charge in [0.1, 0.15) is 10.8 Å². The number of nitrogens with one attached hydrogen (secondary N) is 1. The molecule has 1 aromatic heterocycles. The third kappa shape index (κ3) is 2.17. The van der Waals surface area contributed by atoms with Crippen LogP contribution in [0.5, 0.6) is 5.75 Å². The maximum Gasteiger partial charge on any atom is 0.292 e. The van der Waals surface area contributed by atoms with Gasteiger partial charge in [0, 0.05) is 13.1 Å². The van der Waals surface area contributed by atoms with Crippen LogP contribution in [0.25, 0.3) is 5.69 Å². The summed E-state index contributed by atoms with van der Waals surface area (Å²) in [6.07, 6.45) is 1.50. The lowest BCUT2D eigenvalue weighted by Crippen LogP contribution is -2.22. The molecule has 0 bridgehead atoms. The van der Waals surface area contributed by atoms with Crippen LogP contribution in [0.2, 0.25) is 5.02 Å². The Morgan fingerprint density at radius 2 is 2.22 bits per heavy atom. The fourth-order valence-corrected chi connectivity index (χ4v) is 1.76. The highest BCUT2D eigenvalue weighted by atomic mass is 35.5. The van der Waals surface area contributed by atoms with E-state index in [0.29, 0.717) is 17.1 Å². The second-order valence-corrected chi connectivity index (χ2v) is 3.92. The van der Waals surface area contributed by atoms with Gasteiger partial charge in [-0.25, -0.2) is 0 Å². The van der Waals surface area contributed by atoms with Crippen molar-refractivity contribution in [1.29, 1.82) is 0 Å². The first kappa shape index (κ1) is 12.4. The highest BCUT2D eigenvalue weighted by molar-refractivity contribution is 6.32. The van der Waals surface area contributed by atoms with E-state index in [0.717, 1.165) is 0 Å². The molecule has 1 N–H and O–H groups in total. The van der Waals surface area contributed by atoms with Gasteiger partial charge in [-0.1, -0.05) is 17.7 Å². The van der Waals surface area contributed by atoms with Gasteiger partial charge in [0.2, 0.25) is 0 Å². The maximum absolute atomic E-state index is 12.0. The van der Waals surface area contributed by atoms with Crippen LogP contribution in [-0.4, -0.2) is 23.9 Å². The lowest BCUT2D eigenvalue weighted by Gasteiger charge is -2.08. The molecular weight excluding hydrogens is 254 g/mol. The van der Waals surface area contributed by atoms with Crippen LogP contribution in [0.4, 0.5) is 5.69 Å². The highest BCUT2D eigenvalue weighted by Gasteiger charge is 2.09. The highest BCUT2D eigenvalue weighted by Crippen LogP contribution is 2.18. The summed E-state index contributed by atoms with van der Waals surface area (Å²) < 4.78 is 6.33. The molecule has 6 heteroatoms. The zero-order valence-corrected chi connectivity index (χ0v) is 10.7. The van der Waals surface area contributed by atoms with Crippen molar-refractivity contribution in [2.24, 2.45) is 0 Å². The molecule has 0 aliphatic rings. The molecule has 1 aromatic carbocycles. The Kier molecular flexibility index (Phi) is 3.53. The van der Waals surface area contributed by atoms with E-state index >= 15 is 0 Å². The van der Waals surface area contributed by atoms with Crippen LogP contribution in [0.3, 0.4) is 0 Å². The van der Waals surface area contributed by atoms with Gasteiger partial charge in [0.25, 0.3) is 5.56 Å². The Hall–Kier alpha value is -2.01. The van der Waals surface area contributed by atoms with Crippen LogP contribution < -0.4 is 15.6 Å². The summed E-state index contributed by atoms with van der Waals surface area (Å²) in [5, 5.41) is 6.97. The number of anilines is 1. The lowest BCUT2D eigenvalue weighted by atomic mass is 10.3. The summed E-state index contributed by atoms with van der Waals surface area (Å²) >= 11 is 5.95. The number of aromatic nitrogens is 2. The smallest absolute Gasteiger partial charge is 0.292 e. The predicted octanol–water partition coefficient (Wildman–Crippen LogP) is 1.94. The summed E-state index contributed by atoms with van der Waals surface area (Å²) in [4.78, 5) is 12.0. The van der Waals surface area contributed by atoms with E-state index in [2.05, 4.69) is 10.4 Å². The molecule has 0 fully saturated rings. The van der Waals surface area contributed by atoms with Gasteiger partial charge in [-0.3, -0.25) is 4.79 Å². The first-order valence-electron chi connectivity index (χ1n) is 5.27. The fraction of sp³-hybridized carbons (Fsp3) is 0.167. The molecule has 0 spiro atoms. The number of hydrogen-bond donors (Lipinski definition) is 1. The van der Waals surface area contributed by atoms with Crippen molar-refractivity contribution >= 4 is 17.3 Å². The first-order chi connectivity index (χ1) is 8.67. The molecule has 0 saturated heterocycles. The number of hydrogen-bond acceptors (Lipinski definition) is 4. The number of nitrogens with zero attached hydrogens (tertiary/aromatic N) is 2. The average molecular weight is 266 g/mol. The van der Waals surface area contributed by atoms with E-state index in [1.165, 1.54) is 10.9 Å². The predicted molar refractivity (Wildman–Crippen MR) is 70.9 cm³/mol. The zero-order valence-electron chi connectivity index (χ0n) is 9.98. The fourth-order valence-electron chi connectivity index (χ4n) is 1.53. The molecule has 18 heavy (non-hydrogen) atoms. The average Bonchev–Trinajstić information content (AvgIpc) is 2.42. The van der Waals surface area contributed by atoms with Crippen molar-refractivity contribution < 1.29 is 4.74 Å². The Morgan fingerprint density at radius 3 is 2.89 bits per heavy atom. The zero-order chi connectivity index (χ0) is 13.1. The summed E-state index contributed by atoms with van der Waals surface area (Å²) in [6.45, 7) is 0. The van der Waals surface area contributed by atoms with Crippen LogP contribution in [-0.2, 0) is 0 Å². The van der Waals surface area contributed by atoms with Crippen molar-refractivity contribution in [1.82, 2.24) is 9.78 Å². The minimum atomic E-state index is -0.378. The molecule has 0 aliphatic carbocycles. The molecule has 2 aromatic rings. The maximum atomic E-state index is 12.0. The molecule has 0 radical (unpaired) electrons. The molecule has 0 unspecified atom stereocenters. The van der Waals surface area contributed by atoms with Gasteiger partial charge in [0.15, 0.2) is 0 Å². The summed E-state index contributed by atoms with van der Waals surface area (Å²) in [6, 6.07) is 7.04. The van der Waals surface area contributed by atoms with E-state index in [4.69, 9.17) is 16.3 Å². The molecule has 1 heterocycles. The van der Waals surface area contributed by atoms with Gasteiger partial charge < -0.3 is 10.1 Å². The molecule has 0 aliphatic heterocycles. The van der Waals surface area contributed by atoms with E-state index in [1.807, 2.05) is 0 Å². The van der Waals surface area contributed by atoms with E-state index in [9.17, 15) is 4.79 Å². The van der Waals surface area contributed by atoms with E-state index in [-0.39, 0.29) is 10.6 Å². The second kappa shape index (κ2) is 5.10. The Balaban J connectivity index is 2.58. The molecule has 5 nitrogen and oxygen atoms in total. The third-order valence-corrected chi connectivity index (χ3v) is 2.85. The standard InChI is InChI=1S/C12H12ClN3O2/c1-14-10-7-15-16(12(17)11(10)13)8-4-3-5-9(6-8)18-2/h3-7,14H,1-2H3. The Morgan fingerprint density at radius 1 is 1.44 bits per heavy atom. The molecule has 0 amide bonds. The molecule has 0 atom stereocenters. The van der Waals surface area contributed by atoms with Crippen LogP contribution in [0, 0.1) is 0 Å². The van der Waals surface area contributed by atoms with E-state index < -0.39 is 0 Å². The van der Waals surface area contributed by atoms with Crippen molar-refractivity contribution in [3.8, 4) is 11.4 Å². The minimum Gasteiger partial charge on any atom is -0.497 e. The van der Waals surface area contributed by atoms with Gasteiger partial charge in [-0.2, -0.15) is 9.78 Å². The monoisotopic (exact) mass is 265 g/mol. The minimum absolute atomic E-state index is 0.107. The number of rotatable bonds is 3. The van der Waals surface area contributed by atoms with Gasteiger partial charge in [0.05, 0.1) is 24.7 Å². The molecule has 0 saturated carbocycles. The Bertz CT molecular complexity index is 625. The second-order valence-electron chi connectivity index (χ2n) is 3.54. The SMILES string of the molecule is CNc1cnn(-c2cccc(OC)c2)c(=O)c1Cl. The summed E-state index contributed by atoms with van der Waals surface area (Å²) in [5.41, 5.74) is 0.724. The van der Waals surface area contributed by atoms with Crippen molar-refractivity contribution in [2.75, 3.05) is 19.5 Å². The molecule has 2 rings (SSSR count). The molecular formula is C12H12ClN3O2. The quantitative estimate of drug-likeness (QED) is 0.921. The number of ether oxygens (including phenoxy) is 1. The normalized spacial score (nSPS) is 10.2. The van der Waals surface area contributed by atoms with Gasteiger partial charge >= 0.3 is 0 Å². The van der Waals surface area contributed by atoms with Crippen LogP contribution in [0.15, 0.2) is 35.3 Å². The van der Waals surface area contributed by atoms with Crippen molar-refractivity contribution in [3.63, 3.8) is 0 Å². The largest absolute Gasteiger partial charge is 0.497 e. The van der Waals surface area contributed by atoms with Gasteiger partial charge in [-0.15, -0.1) is 0 Å². The lowest BCUT2D eigenvalue weighted by molar-refractivity contribution is 0.414. The van der Waals surface area contributed by atoms with Gasteiger partial charge in [-0.05, 0) is 12.1 Å². The van der Waals surface area contributed by atoms with E-state index in [1.54, 1.807) is 38.4 Å². The number of benzene rings is 1. The summed E-state index contributed by atoms with van der Waals surface area (Å²) in [5.74, 6) is 0.648. The third-order valence-electron chi connectivity index (χ3n) is 2.49. The van der Waals surface area contributed by atoms with Crippen LogP contribution >= 0.6 is 11.6 Å². The topological polar surface area (TPSA) is 56.1 Å². The molecule has 94 valence electrons. The van der Waals surface area contributed by atoms with Crippen molar-refractivity contribution in [2.45, 2.75) is 0 Å². The summed E-state index contributed by atoms with van der Waals surface area (Å²) in [7, 11) is 3.24. The first-order valence-corrected chi connectivity index (χ1v) is 5.65. The Labute approximate surface area is 109 Å². The number of halogens is 1. The van der Waals surface area contributed by atoms with Crippen LogP contribution in [0.1, 0.15) is 0 Å². The number of methoxy groups -OCH3 is 1. The van der Waals surface area contributed by atoms with Crippen molar-refractivity contribution in [3.05, 3.63) is 45.8 Å².